The number of hydrogen-bond acceptors (Lipinski definition) is 14. The van der Waals surface area contributed by atoms with Crippen molar-refractivity contribution in [3.63, 3.8) is 0 Å². The lowest BCUT2D eigenvalue weighted by Crippen LogP contribution is -2.71. The third-order valence-electron chi connectivity index (χ3n) is 6.08. The van der Waals surface area contributed by atoms with Crippen LogP contribution < -0.4 is 21.8 Å². The number of fused-ring (bicyclic) bond motifs is 1. The molecular formula is C23H20N8O8S3. The van der Waals surface area contributed by atoms with Gasteiger partial charge in [0.2, 0.25) is 11.3 Å². The fourth-order valence-electron chi connectivity index (χ4n) is 4.14. The molecule has 0 aliphatic carbocycles. The Bertz CT molecular complexity index is 1680. The molecule has 5 rings (SSSR count). The zero-order valence-electron chi connectivity index (χ0n) is 21.0. The Balaban J connectivity index is 1.33. The zero-order valence-corrected chi connectivity index (χ0v) is 23.5. The SMILES string of the molecule is Nc1nc(C(NC(=O)c2cc(=O)c(O)cn2O)C(=O)N[C@@H]2C(=O)N3C(C(=O)O)=C(CSc4ncccn4)CS[C@H]23)cs1. The first kappa shape index (κ1) is 28.9. The molecule has 5 heterocycles. The van der Waals surface area contributed by atoms with Crippen molar-refractivity contribution in [3.8, 4) is 5.75 Å². The van der Waals surface area contributed by atoms with Gasteiger partial charge in [0.15, 0.2) is 22.1 Å². The number of carbonyl (C=O) groups is 4. The van der Waals surface area contributed by atoms with E-state index in [2.05, 4.69) is 25.6 Å². The van der Waals surface area contributed by atoms with Gasteiger partial charge in [0.1, 0.15) is 22.8 Å². The summed E-state index contributed by atoms with van der Waals surface area (Å²) in [6, 6.07) is -0.320. The Morgan fingerprint density at radius 3 is 2.64 bits per heavy atom. The Kier molecular flexibility index (Phi) is 8.05. The lowest BCUT2D eigenvalue weighted by atomic mass is 10.0. The van der Waals surface area contributed by atoms with E-state index < -0.39 is 58.0 Å². The molecular weight excluding hydrogens is 613 g/mol. The lowest BCUT2D eigenvalue weighted by molar-refractivity contribution is -0.151. The third-order valence-corrected chi connectivity index (χ3v) is 9.08. The largest absolute Gasteiger partial charge is 0.503 e. The van der Waals surface area contributed by atoms with Crippen molar-refractivity contribution in [1.29, 1.82) is 0 Å². The second kappa shape index (κ2) is 11.7. The molecule has 1 unspecified atom stereocenters. The molecule has 0 bridgehead atoms. The van der Waals surface area contributed by atoms with Crippen LogP contribution in [0.4, 0.5) is 5.13 Å². The molecule has 1 saturated heterocycles. The lowest BCUT2D eigenvalue weighted by Gasteiger charge is -2.49. The molecule has 16 nitrogen and oxygen atoms in total. The van der Waals surface area contributed by atoms with Crippen molar-refractivity contribution in [3.05, 3.63) is 69.0 Å². The number of carbonyl (C=O) groups excluding carboxylic acids is 3. The van der Waals surface area contributed by atoms with E-state index in [1.165, 1.54) is 28.9 Å². The Morgan fingerprint density at radius 1 is 1.24 bits per heavy atom. The summed E-state index contributed by atoms with van der Waals surface area (Å²) in [6.45, 7) is 0. The van der Waals surface area contributed by atoms with Crippen LogP contribution in [0, 0.1) is 0 Å². The highest BCUT2D eigenvalue weighted by Crippen LogP contribution is 2.41. The Labute approximate surface area is 247 Å². The number of β-lactam (4-membered cyclic amide) rings is 1. The summed E-state index contributed by atoms with van der Waals surface area (Å²) in [7, 11) is 0. The van der Waals surface area contributed by atoms with Crippen molar-refractivity contribution in [1.82, 2.24) is 35.2 Å². The number of carboxylic acid groups (broad SMARTS) is 1. The van der Waals surface area contributed by atoms with Crippen molar-refractivity contribution < 1.29 is 34.6 Å². The summed E-state index contributed by atoms with van der Waals surface area (Å²) in [4.78, 5) is 76.7. The van der Waals surface area contributed by atoms with E-state index in [0.717, 1.165) is 16.2 Å². The van der Waals surface area contributed by atoms with Crippen LogP contribution in [0.15, 0.2) is 57.3 Å². The van der Waals surface area contributed by atoms with E-state index in [0.29, 0.717) is 23.0 Å². The summed E-state index contributed by atoms with van der Waals surface area (Å²) in [5.41, 5.74) is 4.49. The van der Waals surface area contributed by atoms with Gasteiger partial charge in [0.25, 0.3) is 11.8 Å². The van der Waals surface area contributed by atoms with Gasteiger partial charge >= 0.3 is 5.97 Å². The van der Waals surface area contributed by atoms with Crippen LogP contribution in [-0.2, 0) is 14.4 Å². The second-order valence-corrected chi connectivity index (χ2v) is 11.7. The van der Waals surface area contributed by atoms with Crippen LogP contribution in [-0.4, -0.2) is 86.6 Å². The van der Waals surface area contributed by atoms with Gasteiger partial charge in [0.05, 0.1) is 11.9 Å². The maximum Gasteiger partial charge on any atom is 0.352 e. The fourth-order valence-corrected chi connectivity index (χ4v) is 7.01. The second-order valence-electron chi connectivity index (χ2n) is 8.74. The van der Waals surface area contributed by atoms with Gasteiger partial charge in [-0.25, -0.2) is 19.7 Å². The number of nitrogens with one attached hydrogen (secondary N) is 2. The van der Waals surface area contributed by atoms with Gasteiger partial charge in [-0.3, -0.25) is 24.1 Å². The van der Waals surface area contributed by atoms with Crippen LogP contribution in [0.3, 0.4) is 0 Å². The fraction of sp³-hybridized carbons (Fsp3) is 0.217. The topological polar surface area (TPSA) is 243 Å². The number of carboxylic acids is 1. The third kappa shape index (κ3) is 5.60. The smallest absolute Gasteiger partial charge is 0.352 e. The molecule has 3 amide bonds. The van der Waals surface area contributed by atoms with Crippen molar-refractivity contribution >= 4 is 63.7 Å². The normalized spacial score (nSPS) is 18.6. The number of pyridine rings is 1. The highest BCUT2D eigenvalue weighted by atomic mass is 32.2. The van der Waals surface area contributed by atoms with Gasteiger partial charge in [-0.2, -0.15) is 4.73 Å². The number of aromatic hydroxyl groups is 1. The molecule has 0 saturated carbocycles. The molecule has 0 aromatic carbocycles. The molecule has 218 valence electrons. The molecule has 42 heavy (non-hydrogen) atoms. The zero-order chi connectivity index (χ0) is 30.1. The molecule has 2 aliphatic rings. The number of nitrogens with two attached hydrogens (primary N) is 1. The number of nitrogens with zero attached hydrogens (tertiary/aromatic N) is 5. The first-order valence-electron chi connectivity index (χ1n) is 11.8. The maximum absolute atomic E-state index is 13.4. The highest BCUT2D eigenvalue weighted by molar-refractivity contribution is 8.01. The molecule has 19 heteroatoms. The Hall–Kier alpha value is -4.62. The van der Waals surface area contributed by atoms with Gasteiger partial charge in [-0.05, 0) is 11.6 Å². The number of amides is 3. The predicted octanol–water partition coefficient (Wildman–Crippen LogP) is -0.378. The number of rotatable bonds is 9. The van der Waals surface area contributed by atoms with Gasteiger partial charge < -0.3 is 31.8 Å². The van der Waals surface area contributed by atoms with Crippen LogP contribution in [0.5, 0.6) is 5.75 Å². The number of hydrogen-bond donors (Lipinski definition) is 6. The molecule has 3 aromatic rings. The molecule has 0 radical (unpaired) electrons. The summed E-state index contributed by atoms with van der Waals surface area (Å²) < 4.78 is 0.210. The number of aromatic nitrogens is 4. The van der Waals surface area contributed by atoms with Crippen molar-refractivity contribution in [2.24, 2.45) is 0 Å². The first-order chi connectivity index (χ1) is 20.0. The predicted molar refractivity (Wildman–Crippen MR) is 149 cm³/mol. The molecule has 2 aliphatic heterocycles. The number of thiazole rings is 1. The highest BCUT2D eigenvalue weighted by Gasteiger charge is 2.54. The molecule has 0 spiro atoms. The minimum absolute atomic E-state index is 0.0162. The minimum atomic E-state index is -1.52. The number of nitrogen functional groups attached to an aromatic ring is 1. The number of anilines is 1. The van der Waals surface area contributed by atoms with Crippen LogP contribution in [0.25, 0.3) is 0 Å². The summed E-state index contributed by atoms with van der Waals surface area (Å²) >= 11 is 3.46. The van der Waals surface area contributed by atoms with Crippen LogP contribution in [0.2, 0.25) is 0 Å². The van der Waals surface area contributed by atoms with Crippen LogP contribution in [0.1, 0.15) is 22.2 Å². The van der Waals surface area contributed by atoms with Gasteiger partial charge in [-0.1, -0.05) is 11.8 Å². The quantitative estimate of drug-likeness (QED) is 0.0763. The van der Waals surface area contributed by atoms with E-state index in [1.807, 2.05) is 0 Å². The summed E-state index contributed by atoms with van der Waals surface area (Å²) in [6.07, 6.45) is 3.73. The monoisotopic (exact) mass is 632 g/mol. The average molecular weight is 633 g/mol. The standard InChI is InChI=1S/C23H20N8O8S3/c24-22-27-10(8-41-22)14(28-17(34)11-4-12(32)13(33)5-30(11)39)18(35)29-15-19(36)31-16(21(37)38)9(6-40-20(15)31)7-42-23-25-2-1-3-26-23/h1-5,8,14-15,20,33,39H,6-7H2,(H2,24,27)(H,28,34)(H,29,35)(H,37,38)/t14?,15-,20-/m1/s1. The van der Waals surface area contributed by atoms with E-state index in [4.69, 9.17) is 5.73 Å². The van der Waals surface area contributed by atoms with Crippen LogP contribution >= 0.6 is 34.9 Å². The van der Waals surface area contributed by atoms with E-state index in [1.54, 1.807) is 18.5 Å². The summed E-state index contributed by atoms with van der Waals surface area (Å²) in [5, 5.41) is 35.4. The van der Waals surface area contributed by atoms with Crippen molar-refractivity contribution in [2.75, 3.05) is 17.2 Å². The number of thioether (sulfide) groups is 2. The molecule has 3 aromatic heterocycles. The minimum Gasteiger partial charge on any atom is -0.503 e. The molecule has 3 atom stereocenters. The van der Waals surface area contributed by atoms with E-state index in [9.17, 15) is 39.4 Å². The number of aliphatic carboxylic acids is 1. The van der Waals surface area contributed by atoms with Crippen molar-refractivity contribution in [2.45, 2.75) is 22.6 Å². The summed E-state index contributed by atoms with van der Waals surface area (Å²) in [5.74, 6) is -4.22. The molecule has 7 N–H and O–H groups in total. The molecule has 1 fully saturated rings. The van der Waals surface area contributed by atoms with E-state index in [-0.39, 0.29) is 32.8 Å². The first-order valence-corrected chi connectivity index (χ1v) is 14.7. The average Bonchev–Trinajstić information content (AvgIpc) is 3.40. The van der Waals surface area contributed by atoms with Gasteiger partial charge in [0, 0.05) is 35.3 Å². The van der Waals surface area contributed by atoms with E-state index >= 15 is 0 Å². The van der Waals surface area contributed by atoms with Gasteiger partial charge in [-0.15, -0.1) is 23.1 Å². The maximum atomic E-state index is 13.4. The Morgan fingerprint density at radius 2 is 1.98 bits per heavy atom.